The lowest BCUT2D eigenvalue weighted by Gasteiger charge is -2.30. The fourth-order valence-electron chi connectivity index (χ4n) is 10.9. The molecule has 0 bridgehead atoms. The van der Waals surface area contributed by atoms with Gasteiger partial charge >= 0.3 is 0 Å². The number of rotatable bonds is 4. The lowest BCUT2D eigenvalue weighted by Crippen LogP contribution is -2.18. The first-order chi connectivity index (χ1) is 29.5. The van der Waals surface area contributed by atoms with Gasteiger partial charge in [-0.25, -0.2) is 0 Å². The molecule has 0 radical (unpaired) electrons. The highest BCUT2D eigenvalue weighted by Crippen LogP contribution is 2.57. The fourth-order valence-corrected chi connectivity index (χ4v) is 12.3. The smallest absolute Gasteiger partial charge is 0.0465 e. The van der Waals surface area contributed by atoms with Gasteiger partial charge in [0.15, 0.2) is 0 Å². The van der Waals surface area contributed by atoms with Crippen LogP contribution in [0.2, 0.25) is 0 Å². The van der Waals surface area contributed by atoms with Crippen LogP contribution in [0.4, 0.5) is 17.1 Å². The van der Waals surface area contributed by atoms with Crippen molar-refractivity contribution in [3.8, 4) is 33.4 Å². The number of thiophene rings is 1. The molecule has 2 aliphatic rings. The average Bonchev–Trinajstić information content (AvgIpc) is 3.82. The number of anilines is 3. The molecule has 0 N–H and O–H groups in total. The Hall–Kier alpha value is -5.96. The predicted octanol–water partition coefficient (Wildman–Crippen LogP) is 17.6. The summed E-state index contributed by atoms with van der Waals surface area (Å²) in [7, 11) is 0. The van der Waals surface area contributed by atoms with Gasteiger partial charge in [0, 0.05) is 48.1 Å². The molecule has 2 heteroatoms. The molecule has 2 aliphatic carbocycles. The molecule has 62 heavy (non-hydrogen) atoms. The van der Waals surface area contributed by atoms with Gasteiger partial charge in [-0.05, 0) is 137 Å². The summed E-state index contributed by atoms with van der Waals surface area (Å²) in [4.78, 5) is 2.49. The summed E-state index contributed by atoms with van der Waals surface area (Å²) in [6, 6.07) is 57.8. The van der Waals surface area contributed by atoms with Crippen LogP contribution in [0.5, 0.6) is 0 Å². The van der Waals surface area contributed by atoms with Gasteiger partial charge in [0.25, 0.3) is 0 Å². The van der Waals surface area contributed by atoms with Crippen molar-refractivity contribution >= 4 is 59.3 Å². The molecule has 0 spiro atoms. The molecule has 1 heterocycles. The molecule has 0 aliphatic heterocycles. The van der Waals surface area contributed by atoms with E-state index in [1.165, 1.54) is 109 Å². The lowest BCUT2D eigenvalue weighted by atomic mass is 9.79. The Morgan fingerprint density at radius 2 is 1.05 bits per heavy atom. The minimum absolute atomic E-state index is 0.0295. The number of nitrogens with zero attached hydrogens (tertiary/aromatic N) is 1. The third-order valence-corrected chi connectivity index (χ3v) is 15.5. The van der Waals surface area contributed by atoms with Gasteiger partial charge in [-0.1, -0.05) is 172 Å². The van der Waals surface area contributed by atoms with Crippen LogP contribution in [-0.4, -0.2) is 0 Å². The van der Waals surface area contributed by atoms with Gasteiger partial charge < -0.3 is 4.90 Å². The molecule has 1 nitrogen and oxygen atoms in total. The summed E-state index contributed by atoms with van der Waals surface area (Å²) in [6.07, 6.45) is 0. The summed E-state index contributed by atoms with van der Waals surface area (Å²) >= 11 is 1.97. The van der Waals surface area contributed by atoms with Crippen molar-refractivity contribution in [2.45, 2.75) is 90.9 Å². The minimum atomic E-state index is -0.191. The van der Waals surface area contributed by atoms with E-state index in [4.69, 9.17) is 0 Å². The molecule has 0 amide bonds. The van der Waals surface area contributed by atoms with Gasteiger partial charge in [-0.2, -0.15) is 0 Å². The molecule has 8 aromatic carbocycles. The van der Waals surface area contributed by atoms with E-state index in [2.05, 4.69) is 226 Å². The number of benzene rings is 8. The Labute approximate surface area is 371 Å². The molecule has 0 saturated carbocycles. The van der Waals surface area contributed by atoms with Crippen LogP contribution in [0, 0.1) is 0 Å². The van der Waals surface area contributed by atoms with Crippen LogP contribution in [0.15, 0.2) is 152 Å². The summed E-state index contributed by atoms with van der Waals surface area (Å²) in [5.74, 6) is 0. The molecule has 306 valence electrons. The summed E-state index contributed by atoms with van der Waals surface area (Å²) < 4.78 is 2.80. The molecular formula is C60H55NS. The van der Waals surface area contributed by atoms with Crippen LogP contribution in [-0.2, 0) is 21.7 Å². The van der Waals surface area contributed by atoms with Crippen molar-refractivity contribution in [3.63, 3.8) is 0 Å². The van der Waals surface area contributed by atoms with Crippen molar-refractivity contribution in [2.75, 3.05) is 4.90 Å². The van der Waals surface area contributed by atoms with E-state index in [-0.39, 0.29) is 21.7 Å². The van der Waals surface area contributed by atoms with E-state index in [0.717, 1.165) is 5.69 Å². The van der Waals surface area contributed by atoms with Gasteiger partial charge in [0.05, 0.1) is 0 Å². The van der Waals surface area contributed by atoms with Crippen molar-refractivity contribution in [1.29, 1.82) is 0 Å². The van der Waals surface area contributed by atoms with E-state index in [9.17, 15) is 0 Å². The maximum absolute atomic E-state index is 2.51. The van der Waals surface area contributed by atoms with Gasteiger partial charge in [0.2, 0.25) is 0 Å². The number of hydrogen-bond donors (Lipinski definition) is 0. The fraction of sp³-hybridized carbons (Fsp3) is 0.233. The quantitative estimate of drug-likeness (QED) is 0.171. The molecule has 9 aromatic rings. The normalized spacial score (nSPS) is 14.9. The second-order valence-corrected chi connectivity index (χ2v) is 22.1. The number of hydrogen-bond acceptors (Lipinski definition) is 2. The van der Waals surface area contributed by atoms with Crippen molar-refractivity contribution in [1.82, 2.24) is 0 Å². The summed E-state index contributed by atoms with van der Waals surface area (Å²) in [6.45, 7) is 23.8. The SMILES string of the molecule is CC(C)(C)c1cc(C(C)(C)C)c2sc3ccc4c(c3c2c1)-c1ccc(N(c2ccc(-c3cccc5ccccc35)cc2)c2ccc3c(c2)C(C)(C)c2ccccc2-3)cc1C4(C)C. The monoisotopic (exact) mass is 821 g/mol. The predicted molar refractivity (Wildman–Crippen MR) is 269 cm³/mol. The highest BCUT2D eigenvalue weighted by molar-refractivity contribution is 7.26. The molecule has 0 saturated heterocycles. The minimum Gasteiger partial charge on any atom is -0.310 e. The first kappa shape index (κ1) is 38.9. The lowest BCUT2D eigenvalue weighted by molar-refractivity contribution is 0.573. The Balaban J connectivity index is 1.11. The highest BCUT2D eigenvalue weighted by Gasteiger charge is 2.39. The zero-order chi connectivity index (χ0) is 43.1. The van der Waals surface area contributed by atoms with Gasteiger partial charge in [-0.15, -0.1) is 11.3 Å². The second-order valence-electron chi connectivity index (χ2n) is 21.0. The van der Waals surface area contributed by atoms with Crippen LogP contribution in [0.25, 0.3) is 64.3 Å². The first-order valence-electron chi connectivity index (χ1n) is 22.3. The van der Waals surface area contributed by atoms with E-state index < -0.39 is 0 Å². The Kier molecular flexibility index (Phi) is 8.33. The molecule has 0 fully saturated rings. The second kappa shape index (κ2) is 13.3. The molecule has 0 atom stereocenters. The van der Waals surface area contributed by atoms with Crippen LogP contribution in [0.1, 0.15) is 103 Å². The van der Waals surface area contributed by atoms with E-state index in [0.29, 0.717) is 0 Å². The Morgan fingerprint density at radius 3 is 1.77 bits per heavy atom. The van der Waals surface area contributed by atoms with Gasteiger partial charge in [0.1, 0.15) is 0 Å². The molecule has 1 aromatic heterocycles. The van der Waals surface area contributed by atoms with Crippen LogP contribution < -0.4 is 4.90 Å². The topological polar surface area (TPSA) is 3.24 Å². The average molecular weight is 822 g/mol. The third-order valence-electron chi connectivity index (χ3n) is 14.3. The third kappa shape index (κ3) is 5.72. The summed E-state index contributed by atoms with van der Waals surface area (Å²) in [5, 5.41) is 5.36. The maximum Gasteiger partial charge on any atom is 0.0465 e. The van der Waals surface area contributed by atoms with E-state index in [1.54, 1.807) is 0 Å². The molecule has 11 rings (SSSR count). The Morgan fingerprint density at radius 1 is 0.452 bits per heavy atom. The highest BCUT2D eigenvalue weighted by atomic mass is 32.1. The van der Waals surface area contributed by atoms with E-state index in [1.807, 2.05) is 11.3 Å². The molecule has 0 unspecified atom stereocenters. The van der Waals surface area contributed by atoms with Crippen molar-refractivity contribution < 1.29 is 0 Å². The van der Waals surface area contributed by atoms with Crippen LogP contribution in [0.3, 0.4) is 0 Å². The van der Waals surface area contributed by atoms with E-state index >= 15 is 0 Å². The van der Waals surface area contributed by atoms with Gasteiger partial charge in [-0.3, -0.25) is 0 Å². The first-order valence-corrected chi connectivity index (χ1v) is 23.2. The Bertz CT molecular complexity index is 3300. The summed E-state index contributed by atoms with van der Waals surface area (Å²) in [5.41, 5.74) is 19.6. The van der Waals surface area contributed by atoms with Crippen molar-refractivity contribution in [2.24, 2.45) is 0 Å². The largest absolute Gasteiger partial charge is 0.310 e. The zero-order valence-electron chi connectivity index (χ0n) is 37.8. The van der Waals surface area contributed by atoms with Crippen molar-refractivity contribution in [3.05, 3.63) is 185 Å². The number of fused-ring (bicyclic) bond motifs is 11. The van der Waals surface area contributed by atoms with Crippen LogP contribution >= 0.6 is 11.3 Å². The zero-order valence-corrected chi connectivity index (χ0v) is 38.6. The standard InChI is InChI=1S/C60H55NS/c1-57(2,3)38-32-47-55-53(62-56(47)52(33-38)58(4,5)6)31-30-49-54(55)46-29-27-41(35-51(46)60(49,9)10)61(40-26-28-45-44-19-13-14-21-48(44)59(7,8)50(45)34-40)39-24-22-37(23-25-39)43-20-15-17-36-16-11-12-18-42(36)43/h11-35H,1-10H3. The molecular weight excluding hydrogens is 767 g/mol. The maximum atomic E-state index is 2.51.